The number of nitrogens with one attached hydrogen (secondary N) is 1. The molecule has 0 unspecified atom stereocenters. The van der Waals surface area contributed by atoms with Gasteiger partial charge in [-0.25, -0.2) is 4.79 Å². The lowest BCUT2D eigenvalue weighted by molar-refractivity contribution is -0.135. The van der Waals surface area contributed by atoms with Crippen molar-refractivity contribution in [3.8, 4) is 17.2 Å². The van der Waals surface area contributed by atoms with Crippen LogP contribution in [-0.2, 0) is 10.2 Å². The maximum Gasteiger partial charge on any atom is 0.325 e. The zero-order chi connectivity index (χ0) is 19.7. The smallest absolute Gasteiger partial charge is 0.325 e. The fourth-order valence-electron chi connectivity index (χ4n) is 4.57. The topological polar surface area (TPSA) is 77.1 Å². The van der Waals surface area contributed by atoms with E-state index < -0.39 is 5.54 Å². The number of methoxy groups -OCH3 is 1. The van der Waals surface area contributed by atoms with E-state index in [2.05, 4.69) is 5.32 Å². The second-order valence-corrected chi connectivity index (χ2v) is 8.70. The van der Waals surface area contributed by atoms with Crippen LogP contribution in [0, 0.1) is 0 Å². The number of imide groups is 1. The number of amides is 3. The normalized spacial score (nSPS) is 31.9. The number of nitrogens with zero attached hydrogens (tertiary/aromatic N) is 1. The summed E-state index contributed by atoms with van der Waals surface area (Å²) in [5.41, 5.74) is 0.419. The van der Waals surface area contributed by atoms with Crippen molar-refractivity contribution in [1.82, 2.24) is 10.2 Å². The third-order valence-electron chi connectivity index (χ3n) is 6.91. The molecule has 5 rings (SSSR count). The van der Waals surface area contributed by atoms with Crippen molar-refractivity contribution in [3.05, 3.63) is 17.7 Å². The monoisotopic (exact) mass is 386 g/mol. The van der Waals surface area contributed by atoms with Crippen LogP contribution in [-0.4, -0.2) is 48.2 Å². The van der Waals surface area contributed by atoms with Gasteiger partial charge in [0.05, 0.1) is 13.7 Å². The highest BCUT2D eigenvalue weighted by Crippen LogP contribution is 2.60. The molecule has 28 heavy (non-hydrogen) atoms. The van der Waals surface area contributed by atoms with E-state index in [-0.39, 0.29) is 29.5 Å². The molecule has 1 N–H and O–H groups in total. The maximum absolute atomic E-state index is 12.7. The van der Waals surface area contributed by atoms with E-state index in [4.69, 9.17) is 14.2 Å². The van der Waals surface area contributed by atoms with Gasteiger partial charge in [0.15, 0.2) is 11.5 Å². The molecule has 2 saturated carbocycles. The molecule has 2 heterocycles. The number of benzene rings is 1. The molecule has 0 aromatic heterocycles. The standard InChI is InChI=1S/C21H26N2O5/c1-4-20(2)18(24)23(19(25)22-20)12-9-13(10-12)28-17-15(26-3)6-5-14-16(17)21(7-8-21)11-27-14/h5-6,12-13H,4,7-11H2,1-3H3,(H,22,25)/t12?,13?,20-/m1/s1. The highest BCUT2D eigenvalue weighted by molar-refractivity contribution is 6.07. The first kappa shape index (κ1) is 17.6. The number of ether oxygens (including phenoxy) is 3. The van der Waals surface area contributed by atoms with Crippen LogP contribution in [0.3, 0.4) is 0 Å². The van der Waals surface area contributed by atoms with E-state index in [0.29, 0.717) is 31.6 Å². The van der Waals surface area contributed by atoms with Crippen molar-refractivity contribution < 1.29 is 23.8 Å². The lowest BCUT2D eigenvalue weighted by atomic mass is 9.86. The molecule has 7 heteroatoms. The quantitative estimate of drug-likeness (QED) is 0.788. The number of carbonyl (C=O) groups is 2. The summed E-state index contributed by atoms with van der Waals surface area (Å²) in [5.74, 6) is 2.24. The van der Waals surface area contributed by atoms with Gasteiger partial charge >= 0.3 is 6.03 Å². The van der Waals surface area contributed by atoms with E-state index in [1.807, 2.05) is 19.1 Å². The Morgan fingerprint density at radius 3 is 2.64 bits per heavy atom. The van der Waals surface area contributed by atoms with Crippen LogP contribution >= 0.6 is 0 Å². The van der Waals surface area contributed by atoms with Crippen LogP contribution in [0.5, 0.6) is 17.2 Å². The Hall–Kier alpha value is -2.44. The summed E-state index contributed by atoms with van der Waals surface area (Å²) in [6.45, 7) is 4.40. The van der Waals surface area contributed by atoms with Crippen LogP contribution in [0.4, 0.5) is 4.79 Å². The summed E-state index contributed by atoms with van der Waals surface area (Å²) < 4.78 is 17.8. The van der Waals surface area contributed by atoms with E-state index in [1.54, 1.807) is 14.0 Å². The van der Waals surface area contributed by atoms with Gasteiger partial charge in [0.25, 0.3) is 5.91 Å². The lowest BCUT2D eigenvalue weighted by Gasteiger charge is -2.40. The van der Waals surface area contributed by atoms with Crippen molar-refractivity contribution >= 4 is 11.9 Å². The first-order chi connectivity index (χ1) is 13.4. The van der Waals surface area contributed by atoms with Gasteiger partial charge in [0.2, 0.25) is 0 Å². The molecule has 1 atom stereocenters. The van der Waals surface area contributed by atoms with Gasteiger partial charge < -0.3 is 19.5 Å². The van der Waals surface area contributed by atoms with Gasteiger partial charge in [-0.05, 0) is 38.3 Å². The van der Waals surface area contributed by atoms with Gasteiger partial charge in [-0.15, -0.1) is 0 Å². The molecule has 150 valence electrons. The highest BCUT2D eigenvalue weighted by atomic mass is 16.5. The van der Waals surface area contributed by atoms with Crippen LogP contribution in [0.15, 0.2) is 12.1 Å². The fourth-order valence-corrected chi connectivity index (χ4v) is 4.57. The van der Waals surface area contributed by atoms with E-state index >= 15 is 0 Å². The predicted molar refractivity (Wildman–Crippen MR) is 101 cm³/mol. The molecule has 7 nitrogen and oxygen atoms in total. The molecule has 0 radical (unpaired) electrons. The lowest BCUT2D eigenvalue weighted by Crippen LogP contribution is -2.52. The molecule has 3 amide bonds. The largest absolute Gasteiger partial charge is 0.493 e. The molecule has 3 fully saturated rings. The Morgan fingerprint density at radius 2 is 2.04 bits per heavy atom. The minimum Gasteiger partial charge on any atom is -0.493 e. The Labute approximate surface area is 164 Å². The van der Waals surface area contributed by atoms with Gasteiger partial charge in [0, 0.05) is 29.9 Å². The fraction of sp³-hybridized carbons (Fsp3) is 0.619. The average molecular weight is 386 g/mol. The number of carbonyl (C=O) groups excluding carboxylic acids is 2. The molecule has 1 aromatic carbocycles. The van der Waals surface area contributed by atoms with Crippen molar-refractivity contribution in [2.45, 2.75) is 69.1 Å². The molecule has 2 aliphatic heterocycles. The van der Waals surface area contributed by atoms with Crippen LogP contribution in [0.2, 0.25) is 0 Å². The van der Waals surface area contributed by atoms with Crippen LogP contribution in [0.1, 0.15) is 51.5 Å². The second-order valence-electron chi connectivity index (χ2n) is 8.70. The minimum atomic E-state index is -0.789. The van der Waals surface area contributed by atoms with Gasteiger partial charge in [-0.2, -0.15) is 0 Å². The predicted octanol–water partition coefficient (Wildman–Crippen LogP) is 2.75. The molecule has 1 saturated heterocycles. The van der Waals surface area contributed by atoms with Crippen LogP contribution in [0.25, 0.3) is 0 Å². The van der Waals surface area contributed by atoms with Gasteiger partial charge in [-0.3, -0.25) is 9.69 Å². The van der Waals surface area contributed by atoms with Crippen LogP contribution < -0.4 is 19.5 Å². The highest BCUT2D eigenvalue weighted by Gasteiger charge is 2.55. The molecule has 1 spiro atoms. The average Bonchev–Trinajstić information content (AvgIpc) is 3.28. The summed E-state index contributed by atoms with van der Waals surface area (Å²) in [5, 5.41) is 2.82. The number of hydrogen-bond acceptors (Lipinski definition) is 5. The molecular weight excluding hydrogens is 360 g/mol. The van der Waals surface area contributed by atoms with Crippen molar-refractivity contribution in [1.29, 1.82) is 0 Å². The number of rotatable bonds is 5. The zero-order valence-corrected chi connectivity index (χ0v) is 16.5. The van der Waals surface area contributed by atoms with Gasteiger partial charge in [-0.1, -0.05) is 6.92 Å². The first-order valence-electron chi connectivity index (χ1n) is 10.1. The number of fused-ring (bicyclic) bond motifs is 2. The van der Waals surface area contributed by atoms with E-state index in [9.17, 15) is 9.59 Å². The van der Waals surface area contributed by atoms with Gasteiger partial charge in [0.1, 0.15) is 17.4 Å². The van der Waals surface area contributed by atoms with Crippen molar-refractivity contribution in [2.75, 3.05) is 13.7 Å². The molecular formula is C21H26N2O5. The SMILES string of the molecule is CC[C@@]1(C)NC(=O)N(C2CC(Oc3c(OC)ccc4c3C3(CC3)CO4)C2)C1=O. The summed E-state index contributed by atoms with van der Waals surface area (Å²) in [4.78, 5) is 26.4. The third kappa shape index (κ3) is 2.34. The van der Waals surface area contributed by atoms with Crippen molar-refractivity contribution in [3.63, 3.8) is 0 Å². The Morgan fingerprint density at radius 1 is 1.29 bits per heavy atom. The third-order valence-corrected chi connectivity index (χ3v) is 6.91. The number of urea groups is 1. The Balaban J connectivity index is 1.32. The molecule has 4 aliphatic rings. The second kappa shape index (κ2) is 5.78. The first-order valence-corrected chi connectivity index (χ1v) is 10.1. The molecule has 2 aliphatic carbocycles. The number of hydrogen-bond donors (Lipinski definition) is 1. The Bertz CT molecular complexity index is 859. The van der Waals surface area contributed by atoms with Crippen molar-refractivity contribution in [2.24, 2.45) is 0 Å². The zero-order valence-electron chi connectivity index (χ0n) is 16.5. The van der Waals surface area contributed by atoms with E-state index in [1.165, 1.54) is 4.90 Å². The minimum absolute atomic E-state index is 0.0455. The Kier molecular flexibility index (Phi) is 3.64. The summed E-state index contributed by atoms with van der Waals surface area (Å²) >= 11 is 0. The molecule has 0 bridgehead atoms. The van der Waals surface area contributed by atoms with E-state index in [0.717, 1.165) is 29.9 Å². The summed E-state index contributed by atoms with van der Waals surface area (Å²) in [6, 6.07) is 3.44. The summed E-state index contributed by atoms with van der Waals surface area (Å²) in [6.07, 6.45) is 4.02. The molecule has 1 aromatic rings. The summed E-state index contributed by atoms with van der Waals surface area (Å²) in [7, 11) is 1.65. The maximum atomic E-state index is 12.7.